The van der Waals surface area contributed by atoms with Crippen molar-refractivity contribution in [3.8, 4) is 6.07 Å². The van der Waals surface area contributed by atoms with Crippen LogP contribution in [0, 0.1) is 17.2 Å². The quantitative estimate of drug-likeness (QED) is 0.552. The van der Waals surface area contributed by atoms with E-state index in [2.05, 4.69) is 17.4 Å². The Balaban J connectivity index is 1.89. The standard InChI is InChI=1S/C12H11N2O/c13-7-11-3-1-2-4-12(11)9-15-14-8-10-5-6-10/h1-4,10H,5-6,9H2. The molecule has 1 saturated carbocycles. The Kier molecular flexibility index (Phi) is 2.99. The zero-order chi connectivity index (χ0) is 10.5. The first-order valence-corrected chi connectivity index (χ1v) is 4.95. The molecule has 0 unspecified atom stereocenters. The third kappa shape index (κ3) is 2.81. The zero-order valence-electron chi connectivity index (χ0n) is 8.31. The first-order chi connectivity index (χ1) is 7.40. The minimum Gasteiger partial charge on any atom is -0.391 e. The highest BCUT2D eigenvalue weighted by atomic mass is 16.6. The lowest BCUT2D eigenvalue weighted by atomic mass is 10.1. The minimum absolute atomic E-state index is 0.337. The molecular formula is C12H11N2O. The summed E-state index contributed by atoms with van der Waals surface area (Å²) in [7, 11) is 0. The molecular weight excluding hydrogens is 188 g/mol. The largest absolute Gasteiger partial charge is 0.391 e. The van der Waals surface area contributed by atoms with Crippen LogP contribution >= 0.6 is 0 Å². The van der Waals surface area contributed by atoms with E-state index in [0.717, 1.165) is 5.56 Å². The number of benzene rings is 1. The van der Waals surface area contributed by atoms with Crippen molar-refractivity contribution in [1.29, 1.82) is 5.26 Å². The fourth-order valence-electron chi connectivity index (χ4n) is 1.18. The maximum Gasteiger partial charge on any atom is 0.143 e. The Labute approximate surface area is 89.0 Å². The second-order valence-electron chi connectivity index (χ2n) is 3.54. The molecule has 1 aliphatic carbocycles. The van der Waals surface area contributed by atoms with Crippen LogP contribution in [0.25, 0.3) is 0 Å². The summed E-state index contributed by atoms with van der Waals surface area (Å²) < 4.78 is 0. The van der Waals surface area contributed by atoms with Gasteiger partial charge in [-0.15, -0.1) is 0 Å². The molecule has 0 spiro atoms. The highest BCUT2D eigenvalue weighted by molar-refractivity contribution is 5.62. The molecule has 2 rings (SSSR count). The van der Waals surface area contributed by atoms with Crippen LogP contribution in [0.15, 0.2) is 29.4 Å². The van der Waals surface area contributed by atoms with Crippen molar-refractivity contribution in [2.45, 2.75) is 19.4 Å². The summed E-state index contributed by atoms with van der Waals surface area (Å²) >= 11 is 0. The molecule has 0 bridgehead atoms. The first-order valence-electron chi connectivity index (χ1n) is 4.95. The van der Waals surface area contributed by atoms with Gasteiger partial charge >= 0.3 is 0 Å². The highest BCUT2D eigenvalue weighted by Crippen LogP contribution is 2.26. The molecule has 1 aromatic carbocycles. The van der Waals surface area contributed by atoms with E-state index in [1.54, 1.807) is 6.07 Å². The summed E-state index contributed by atoms with van der Waals surface area (Å²) in [5.74, 6) is 0.496. The van der Waals surface area contributed by atoms with E-state index >= 15 is 0 Å². The molecule has 1 fully saturated rings. The molecule has 3 nitrogen and oxygen atoms in total. The van der Waals surface area contributed by atoms with Crippen LogP contribution in [0.1, 0.15) is 24.0 Å². The van der Waals surface area contributed by atoms with Gasteiger partial charge in [0.2, 0.25) is 0 Å². The maximum absolute atomic E-state index is 8.82. The SMILES string of the molecule is N#Cc1ccccc1CO/N=[C]\C1CC1. The van der Waals surface area contributed by atoms with E-state index in [-0.39, 0.29) is 0 Å². The monoisotopic (exact) mass is 199 g/mol. The summed E-state index contributed by atoms with van der Waals surface area (Å²) in [5, 5.41) is 12.6. The van der Waals surface area contributed by atoms with Crippen molar-refractivity contribution in [1.82, 2.24) is 0 Å². The smallest absolute Gasteiger partial charge is 0.143 e. The third-order valence-electron chi connectivity index (χ3n) is 2.24. The number of rotatable bonds is 4. The first kappa shape index (κ1) is 9.72. The molecule has 3 heteroatoms. The zero-order valence-corrected chi connectivity index (χ0v) is 8.31. The Morgan fingerprint density at radius 1 is 1.40 bits per heavy atom. The molecule has 0 N–H and O–H groups in total. The highest BCUT2D eigenvalue weighted by Gasteiger charge is 2.19. The maximum atomic E-state index is 8.82. The van der Waals surface area contributed by atoms with E-state index in [4.69, 9.17) is 10.1 Å². The van der Waals surface area contributed by atoms with Gasteiger partial charge in [-0.05, 0) is 18.9 Å². The normalized spacial score (nSPS) is 15.1. The van der Waals surface area contributed by atoms with Crippen molar-refractivity contribution in [3.63, 3.8) is 0 Å². The van der Waals surface area contributed by atoms with Crippen molar-refractivity contribution in [2.75, 3.05) is 0 Å². The van der Waals surface area contributed by atoms with Crippen LogP contribution in [0.2, 0.25) is 0 Å². The summed E-state index contributed by atoms with van der Waals surface area (Å²) in [6, 6.07) is 9.47. The molecule has 1 radical (unpaired) electrons. The Hall–Kier alpha value is -1.82. The number of hydrogen-bond acceptors (Lipinski definition) is 3. The molecule has 1 aromatic rings. The number of hydrogen-bond donors (Lipinski definition) is 0. The molecule has 15 heavy (non-hydrogen) atoms. The van der Waals surface area contributed by atoms with Crippen molar-refractivity contribution in [3.05, 3.63) is 35.4 Å². The van der Waals surface area contributed by atoms with Crippen LogP contribution in [0.5, 0.6) is 0 Å². The molecule has 0 aliphatic heterocycles. The topological polar surface area (TPSA) is 45.4 Å². The van der Waals surface area contributed by atoms with Crippen molar-refractivity contribution >= 4 is 6.21 Å². The predicted octanol–water partition coefficient (Wildman–Crippen LogP) is 2.35. The fraction of sp³-hybridized carbons (Fsp3) is 0.333. The lowest BCUT2D eigenvalue weighted by Gasteiger charge is -2.00. The Morgan fingerprint density at radius 2 is 2.20 bits per heavy atom. The van der Waals surface area contributed by atoms with Gasteiger partial charge in [-0.3, -0.25) is 0 Å². The van der Waals surface area contributed by atoms with Crippen LogP contribution in [-0.2, 0) is 11.4 Å². The number of nitriles is 1. The molecule has 0 saturated heterocycles. The van der Waals surface area contributed by atoms with Gasteiger partial charge < -0.3 is 4.84 Å². The average Bonchev–Trinajstić information content (AvgIpc) is 3.09. The van der Waals surface area contributed by atoms with Gasteiger partial charge in [-0.2, -0.15) is 5.26 Å². The Morgan fingerprint density at radius 3 is 2.93 bits per heavy atom. The molecule has 0 aromatic heterocycles. The molecule has 75 valence electrons. The van der Waals surface area contributed by atoms with Gasteiger partial charge in [0.15, 0.2) is 0 Å². The van der Waals surface area contributed by atoms with Gasteiger partial charge in [0.1, 0.15) is 12.8 Å². The number of nitrogens with zero attached hydrogens (tertiary/aromatic N) is 2. The summed E-state index contributed by atoms with van der Waals surface area (Å²) in [6.45, 7) is 0.337. The van der Waals surface area contributed by atoms with E-state index in [0.29, 0.717) is 18.1 Å². The third-order valence-corrected chi connectivity index (χ3v) is 2.24. The molecule has 0 heterocycles. The van der Waals surface area contributed by atoms with Crippen LogP contribution in [0.4, 0.5) is 0 Å². The lowest BCUT2D eigenvalue weighted by molar-refractivity contribution is 0.131. The molecule has 0 atom stereocenters. The van der Waals surface area contributed by atoms with Crippen LogP contribution < -0.4 is 0 Å². The fourth-order valence-corrected chi connectivity index (χ4v) is 1.18. The van der Waals surface area contributed by atoms with Gasteiger partial charge in [-0.25, -0.2) is 0 Å². The van der Waals surface area contributed by atoms with E-state index in [9.17, 15) is 0 Å². The average molecular weight is 199 g/mol. The minimum atomic E-state index is 0.337. The summed E-state index contributed by atoms with van der Waals surface area (Å²) in [4.78, 5) is 5.08. The molecule has 0 amide bonds. The van der Waals surface area contributed by atoms with Gasteiger partial charge in [0, 0.05) is 11.5 Å². The lowest BCUT2D eigenvalue weighted by Crippen LogP contribution is -1.91. The van der Waals surface area contributed by atoms with E-state index < -0.39 is 0 Å². The Bertz CT molecular complexity index is 402. The predicted molar refractivity (Wildman–Crippen MR) is 56.1 cm³/mol. The molecule has 1 aliphatic rings. The van der Waals surface area contributed by atoms with Gasteiger partial charge in [0.25, 0.3) is 0 Å². The second kappa shape index (κ2) is 4.61. The van der Waals surface area contributed by atoms with Crippen molar-refractivity contribution < 1.29 is 4.84 Å². The van der Waals surface area contributed by atoms with E-state index in [1.807, 2.05) is 18.2 Å². The second-order valence-corrected chi connectivity index (χ2v) is 3.54. The van der Waals surface area contributed by atoms with Crippen LogP contribution in [0.3, 0.4) is 0 Å². The van der Waals surface area contributed by atoms with E-state index in [1.165, 1.54) is 12.8 Å². The van der Waals surface area contributed by atoms with Crippen molar-refractivity contribution in [2.24, 2.45) is 11.1 Å². The summed E-state index contributed by atoms with van der Waals surface area (Å²) in [6.07, 6.45) is 5.22. The summed E-state index contributed by atoms with van der Waals surface area (Å²) in [5.41, 5.74) is 1.50. The van der Waals surface area contributed by atoms with Gasteiger partial charge in [0.05, 0.1) is 11.6 Å². The van der Waals surface area contributed by atoms with Gasteiger partial charge in [-0.1, -0.05) is 23.4 Å². The van der Waals surface area contributed by atoms with Crippen LogP contribution in [-0.4, -0.2) is 6.21 Å².